The number of benzene rings is 1. The molecule has 1 saturated carbocycles. The largest absolute Gasteiger partial charge is 0.286 e. The molecule has 0 unspecified atom stereocenters. The lowest BCUT2D eigenvalue weighted by molar-refractivity contribution is 0.173. The van der Waals surface area contributed by atoms with Crippen LogP contribution in [0.5, 0.6) is 0 Å². The second-order valence-electron chi connectivity index (χ2n) is 8.46. The normalized spacial score (nSPS) is 26.9. The minimum atomic E-state index is -3.07. The van der Waals surface area contributed by atoms with Crippen molar-refractivity contribution in [3.8, 4) is 6.07 Å². The number of nitriles is 1. The number of fused-ring (bicyclic) bond motifs is 1. The first kappa shape index (κ1) is 20.6. The lowest BCUT2D eigenvalue weighted by Gasteiger charge is -2.37. The average Bonchev–Trinajstić information content (AvgIpc) is 2.88. The molecule has 1 saturated heterocycles. The van der Waals surface area contributed by atoms with Crippen molar-refractivity contribution >= 4 is 7.59 Å². The predicted molar refractivity (Wildman–Crippen MR) is 110 cm³/mol. The molecule has 148 valence electrons. The van der Waals surface area contributed by atoms with Crippen LogP contribution in [0.3, 0.4) is 0 Å². The van der Waals surface area contributed by atoms with Gasteiger partial charge in [-0.05, 0) is 58.6 Å². The number of hydrogen-bond acceptors (Lipinski definition) is 2. The maximum absolute atomic E-state index is 14.6. The van der Waals surface area contributed by atoms with Crippen LogP contribution in [0.2, 0.25) is 0 Å². The summed E-state index contributed by atoms with van der Waals surface area (Å²) in [4.78, 5) is 0. The van der Waals surface area contributed by atoms with Crippen molar-refractivity contribution in [1.82, 2.24) is 14.4 Å². The van der Waals surface area contributed by atoms with E-state index in [1.807, 2.05) is 31.2 Å². The molecule has 1 heterocycles. The fraction of sp³-hybridized carbons (Fsp3) is 0.667. The fourth-order valence-electron chi connectivity index (χ4n) is 5.00. The highest BCUT2D eigenvalue weighted by molar-refractivity contribution is 7.57. The minimum Gasteiger partial charge on any atom is -0.270 e. The Morgan fingerprint density at radius 3 is 2.04 bits per heavy atom. The summed E-state index contributed by atoms with van der Waals surface area (Å²) in [5.74, 6) is 0. The Balaban J connectivity index is 2.04. The summed E-state index contributed by atoms with van der Waals surface area (Å²) in [6.07, 6.45) is 4.55. The molecule has 1 aromatic rings. The Morgan fingerprint density at radius 1 is 1.07 bits per heavy atom. The molecule has 0 bridgehead atoms. The SMILES string of the molecule is Cc1ccccc1[C@@H](C#N)NP1(=O)N(C(C)C)[C@@H]2CCCC[C@H]2N1C(C)C. The maximum atomic E-state index is 14.6. The van der Waals surface area contributed by atoms with Crippen LogP contribution in [0.15, 0.2) is 24.3 Å². The summed E-state index contributed by atoms with van der Waals surface area (Å²) in [5.41, 5.74) is 1.96. The molecule has 27 heavy (non-hydrogen) atoms. The van der Waals surface area contributed by atoms with Crippen LogP contribution >= 0.6 is 7.59 Å². The van der Waals surface area contributed by atoms with Gasteiger partial charge in [-0.25, -0.2) is 14.4 Å². The zero-order chi connectivity index (χ0) is 19.8. The van der Waals surface area contributed by atoms with E-state index in [2.05, 4.69) is 48.2 Å². The Bertz CT molecular complexity index is 729. The van der Waals surface area contributed by atoms with Crippen molar-refractivity contribution < 1.29 is 4.57 Å². The molecule has 0 aromatic heterocycles. The van der Waals surface area contributed by atoms with Gasteiger partial charge in [-0.15, -0.1) is 0 Å². The average molecular weight is 388 g/mol. The number of nitrogens with zero attached hydrogens (tertiary/aromatic N) is 3. The highest BCUT2D eigenvalue weighted by Gasteiger charge is 2.57. The molecule has 0 radical (unpaired) electrons. The van der Waals surface area contributed by atoms with Crippen molar-refractivity contribution in [3.05, 3.63) is 35.4 Å². The number of aryl methyl sites for hydroxylation is 1. The van der Waals surface area contributed by atoms with Crippen LogP contribution in [0.4, 0.5) is 0 Å². The summed E-state index contributed by atoms with van der Waals surface area (Å²) in [7, 11) is -3.07. The Hall–Kier alpha value is -1.18. The van der Waals surface area contributed by atoms with Gasteiger partial charge in [0.1, 0.15) is 6.04 Å². The zero-order valence-corrected chi connectivity index (χ0v) is 18.1. The zero-order valence-electron chi connectivity index (χ0n) is 17.2. The van der Waals surface area contributed by atoms with Gasteiger partial charge in [0.05, 0.1) is 6.07 Å². The first-order valence-corrected chi connectivity index (χ1v) is 11.8. The van der Waals surface area contributed by atoms with E-state index in [0.29, 0.717) is 12.1 Å². The quantitative estimate of drug-likeness (QED) is 0.719. The van der Waals surface area contributed by atoms with Crippen molar-refractivity contribution in [3.63, 3.8) is 0 Å². The molecule has 3 rings (SSSR count). The van der Waals surface area contributed by atoms with Crippen LogP contribution in [0, 0.1) is 18.3 Å². The highest BCUT2D eigenvalue weighted by atomic mass is 31.2. The maximum Gasteiger partial charge on any atom is 0.286 e. The molecule has 0 spiro atoms. The van der Waals surface area contributed by atoms with E-state index in [1.165, 1.54) is 12.8 Å². The molecule has 6 heteroatoms. The van der Waals surface area contributed by atoms with E-state index in [4.69, 9.17) is 0 Å². The number of nitrogens with one attached hydrogen (secondary N) is 1. The van der Waals surface area contributed by atoms with Crippen molar-refractivity contribution in [2.24, 2.45) is 0 Å². The van der Waals surface area contributed by atoms with Gasteiger partial charge in [0.25, 0.3) is 7.59 Å². The van der Waals surface area contributed by atoms with Crippen LogP contribution < -0.4 is 5.09 Å². The summed E-state index contributed by atoms with van der Waals surface area (Å²) in [6.45, 7) is 10.5. The van der Waals surface area contributed by atoms with E-state index in [0.717, 1.165) is 24.0 Å². The molecule has 0 amide bonds. The Kier molecular flexibility index (Phi) is 6.13. The Labute approximate surface area is 164 Å². The van der Waals surface area contributed by atoms with Gasteiger partial charge in [-0.3, -0.25) is 4.57 Å². The molecule has 5 nitrogen and oxygen atoms in total. The van der Waals surface area contributed by atoms with E-state index in [9.17, 15) is 9.83 Å². The van der Waals surface area contributed by atoms with Crippen LogP contribution in [0.1, 0.15) is 70.5 Å². The van der Waals surface area contributed by atoms with E-state index in [-0.39, 0.29) is 12.1 Å². The van der Waals surface area contributed by atoms with Gasteiger partial charge in [-0.2, -0.15) is 5.26 Å². The second-order valence-corrected chi connectivity index (χ2v) is 10.7. The van der Waals surface area contributed by atoms with E-state index < -0.39 is 13.6 Å². The minimum absolute atomic E-state index is 0.161. The third-order valence-electron chi connectivity index (χ3n) is 5.98. The van der Waals surface area contributed by atoms with Crippen LogP contribution in [-0.4, -0.2) is 33.5 Å². The molecule has 1 aliphatic carbocycles. The summed E-state index contributed by atoms with van der Waals surface area (Å²) >= 11 is 0. The van der Waals surface area contributed by atoms with Gasteiger partial charge in [-0.1, -0.05) is 37.1 Å². The van der Waals surface area contributed by atoms with Gasteiger partial charge in [0.15, 0.2) is 0 Å². The molecule has 1 aliphatic heterocycles. The number of rotatable bonds is 5. The first-order chi connectivity index (χ1) is 12.8. The third kappa shape index (κ3) is 3.61. The first-order valence-electron chi connectivity index (χ1n) is 10.2. The fourth-order valence-corrected chi connectivity index (χ4v) is 8.64. The van der Waals surface area contributed by atoms with Gasteiger partial charge in [0, 0.05) is 24.2 Å². The molecule has 1 N–H and O–H groups in total. The molecule has 1 aromatic carbocycles. The standard InChI is InChI=1S/C21H33N4OP/c1-15(2)24-20-12-8-9-13-21(20)25(16(3)4)27(24,26)23-19(14-22)18-11-7-6-10-17(18)5/h6-7,10-11,15-16,19-21H,8-9,12-13H2,1-5H3,(H,23,26)/t19-,20-,21-/m1/s1. The van der Waals surface area contributed by atoms with Crippen LogP contribution in [0.25, 0.3) is 0 Å². The topological polar surface area (TPSA) is 59.4 Å². The van der Waals surface area contributed by atoms with E-state index >= 15 is 0 Å². The van der Waals surface area contributed by atoms with Crippen molar-refractivity contribution in [2.45, 2.75) is 90.5 Å². The molecule has 2 fully saturated rings. The predicted octanol–water partition coefficient (Wildman–Crippen LogP) is 5.00. The van der Waals surface area contributed by atoms with Crippen LogP contribution in [-0.2, 0) is 4.57 Å². The summed E-state index contributed by atoms with van der Waals surface area (Å²) in [6, 6.07) is 10.6. The smallest absolute Gasteiger partial charge is 0.270 e. The second kappa shape index (κ2) is 8.05. The lowest BCUT2D eigenvalue weighted by Crippen LogP contribution is -2.43. The van der Waals surface area contributed by atoms with Gasteiger partial charge >= 0.3 is 0 Å². The third-order valence-corrected chi connectivity index (χ3v) is 9.35. The summed E-state index contributed by atoms with van der Waals surface area (Å²) < 4.78 is 19.0. The monoisotopic (exact) mass is 388 g/mol. The molecule has 2 aliphatic rings. The molecule has 3 atom stereocenters. The number of hydrogen-bond donors (Lipinski definition) is 1. The lowest BCUT2D eigenvalue weighted by atomic mass is 9.89. The van der Waals surface area contributed by atoms with Gasteiger partial charge < -0.3 is 0 Å². The van der Waals surface area contributed by atoms with Crippen molar-refractivity contribution in [2.75, 3.05) is 0 Å². The Morgan fingerprint density at radius 2 is 1.59 bits per heavy atom. The highest BCUT2D eigenvalue weighted by Crippen LogP contribution is 2.63. The van der Waals surface area contributed by atoms with Gasteiger partial charge in [0.2, 0.25) is 0 Å². The molecular formula is C21H33N4OP. The molecular weight excluding hydrogens is 355 g/mol. The van der Waals surface area contributed by atoms with E-state index in [1.54, 1.807) is 0 Å². The van der Waals surface area contributed by atoms with Crippen molar-refractivity contribution in [1.29, 1.82) is 5.26 Å². The summed E-state index contributed by atoms with van der Waals surface area (Å²) in [5, 5.41) is 13.3.